The molecule has 1 atom stereocenters. The van der Waals surface area contributed by atoms with Crippen molar-refractivity contribution in [2.75, 3.05) is 25.0 Å². The van der Waals surface area contributed by atoms with Crippen LogP contribution in [-0.4, -0.2) is 41.5 Å². The van der Waals surface area contributed by atoms with E-state index in [1.807, 2.05) is 28.5 Å². The standard InChI is InChI=1S/C21H28N4O2S/c26-20(19-9-6-14-28-19)25-13-10-17(16-25)7-3-1-2-4-12-23-21(27)24-18-8-5-11-22-15-18/h5-6,8-9,11,14-15,17H,1-4,7,10,12-13,16H2,(H2,23,24,27). The highest BCUT2D eigenvalue weighted by Crippen LogP contribution is 2.24. The number of pyridine rings is 1. The molecular weight excluding hydrogens is 372 g/mol. The van der Waals surface area contributed by atoms with Gasteiger partial charge in [-0.1, -0.05) is 25.3 Å². The lowest BCUT2D eigenvalue weighted by molar-refractivity contribution is 0.0791. The predicted molar refractivity (Wildman–Crippen MR) is 113 cm³/mol. The Labute approximate surface area is 170 Å². The summed E-state index contributed by atoms with van der Waals surface area (Å²) in [6.45, 7) is 2.46. The SMILES string of the molecule is O=C(NCCCCCCC1CCN(C(=O)c2cccs2)C1)Nc1cccnc1. The molecule has 1 fully saturated rings. The molecule has 2 aromatic heterocycles. The van der Waals surface area contributed by atoms with Crippen molar-refractivity contribution in [2.24, 2.45) is 5.92 Å². The van der Waals surface area contributed by atoms with Gasteiger partial charge in [0, 0.05) is 25.8 Å². The second-order valence-corrected chi connectivity index (χ2v) is 8.16. The second kappa shape index (κ2) is 10.8. The van der Waals surface area contributed by atoms with Crippen molar-refractivity contribution in [3.05, 3.63) is 46.9 Å². The number of amides is 3. The fourth-order valence-corrected chi connectivity index (χ4v) is 4.23. The molecule has 150 valence electrons. The van der Waals surface area contributed by atoms with Gasteiger partial charge in [-0.05, 0) is 48.8 Å². The van der Waals surface area contributed by atoms with Gasteiger partial charge in [0.05, 0.1) is 16.8 Å². The minimum atomic E-state index is -0.186. The maximum absolute atomic E-state index is 12.4. The Hall–Kier alpha value is -2.41. The highest BCUT2D eigenvalue weighted by molar-refractivity contribution is 7.12. The van der Waals surface area contributed by atoms with Gasteiger partial charge in [0.1, 0.15) is 0 Å². The lowest BCUT2D eigenvalue weighted by Gasteiger charge is -2.15. The molecule has 0 aliphatic carbocycles. The molecule has 1 aliphatic rings. The Balaban J connectivity index is 1.20. The number of thiophene rings is 1. The largest absolute Gasteiger partial charge is 0.338 e. The van der Waals surface area contributed by atoms with E-state index in [0.717, 1.165) is 37.2 Å². The first-order valence-electron chi connectivity index (χ1n) is 10.00. The van der Waals surface area contributed by atoms with Crippen molar-refractivity contribution in [1.82, 2.24) is 15.2 Å². The van der Waals surface area contributed by atoms with Crippen molar-refractivity contribution in [3.8, 4) is 0 Å². The fraction of sp³-hybridized carbons (Fsp3) is 0.476. The molecule has 3 amide bonds. The first kappa shape index (κ1) is 20.3. The molecule has 1 saturated heterocycles. The fourth-order valence-electron chi connectivity index (χ4n) is 3.53. The Morgan fingerprint density at radius 3 is 2.86 bits per heavy atom. The molecule has 0 bridgehead atoms. The van der Waals surface area contributed by atoms with Gasteiger partial charge in [0.2, 0.25) is 0 Å². The van der Waals surface area contributed by atoms with E-state index < -0.39 is 0 Å². The van der Waals surface area contributed by atoms with Crippen LogP contribution in [0, 0.1) is 5.92 Å². The van der Waals surface area contributed by atoms with Crippen LogP contribution in [0.4, 0.5) is 10.5 Å². The molecule has 1 unspecified atom stereocenters. The highest BCUT2D eigenvalue weighted by atomic mass is 32.1. The summed E-state index contributed by atoms with van der Waals surface area (Å²) in [5.41, 5.74) is 0.697. The van der Waals surface area contributed by atoms with Crippen molar-refractivity contribution >= 4 is 29.0 Å². The third kappa shape index (κ3) is 6.34. The van der Waals surface area contributed by atoms with Crippen LogP contribution in [0.2, 0.25) is 0 Å². The van der Waals surface area contributed by atoms with Gasteiger partial charge in [-0.15, -0.1) is 11.3 Å². The molecule has 7 heteroatoms. The van der Waals surface area contributed by atoms with Gasteiger partial charge in [-0.25, -0.2) is 4.79 Å². The quantitative estimate of drug-likeness (QED) is 0.614. The van der Waals surface area contributed by atoms with Gasteiger partial charge >= 0.3 is 6.03 Å². The van der Waals surface area contributed by atoms with Crippen LogP contribution < -0.4 is 10.6 Å². The predicted octanol–water partition coefficient (Wildman–Crippen LogP) is 4.38. The van der Waals surface area contributed by atoms with E-state index in [1.165, 1.54) is 30.6 Å². The van der Waals surface area contributed by atoms with E-state index >= 15 is 0 Å². The van der Waals surface area contributed by atoms with Gasteiger partial charge in [-0.3, -0.25) is 9.78 Å². The third-order valence-corrected chi connectivity index (χ3v) is 5.91. The highest BCUT2D eigenvalue weighted by Gasteiger charge is 2.26. The molecule has 3 heterocycles. The van der Waals surface area contributed by atoms with Crippen molar-refractivity contribution in [3.63, 3.8) is 0 Å². The molecule has 0 radical (unpaired) electrons. The molecule has 2 N–H and O–H groups in total. The van der Waals surface area contributed by atoms with Crippen LogP contribution in [0.3, 0.4) is 0 Å². The number of anilines is 1. The van der Waals surface area contributed by atoms with Crippen LogP contribution in [0.1, 0.15) is 48.2 Å². The van der Waals surface area contributed by atoms with Crippen molar-refractivity contribution in [2.45, 2.75) is 38.5 Å². The number of aromatic nitrogens is 1. The summed E-state index contributed by atoms with van der Waals surface area (Å²) >= 11 is 1.52. The summed E-state index contributed by atoms with van der Waals surface area (Å²) in [6.07, 6.45) is 10.0. The van der Waals surface area contributed by atoms with Crippen molar-refractivity contribution in [1.29, 1.82) is 0 Å². The van der Waals surface area contributed by atoms with E-state index in [4.69, 9.17) is 0 Å². The monoisotopic (exact) mass is 400 g/mol. The number of unbranched alkanes of at least 4 members (excludes halogenated alkanes) is 3. The van der Waals surface area contributed by atoms with Gasteiger partial charge in [-0.2, -0.15) is 0 Å². The first-order valence-corrected chi connectivity index (χ1v) is 10.9. The first-order chi connectivity index (χ1) is 13.7. The number of carbonyl (C=O) groups excluding carboxylic acids is 2. The Kier molecular flexibility index (Phi) is 7.84. The van der Waals surface area contributed by atoms with Gasteiger partial charge < -0.3 is 15.5 Å². The number of likely N-dealkylation sites (tertiary alicyclic amines) is 1. The Morgan fingerprint density at radius 1 is 1.18 bits per heavy atom. The summed E-state index contributed by atoms with van der Waals surface area (Å²) in [6, 6.07) is 7.25. The van der Waals surface area contributed by atoms with E-state index in [-0.39, 0.29) is 11.9 Å². The zero-order valence-corrected chi connectivity index (χ0v) is 16.9. The number of carbonyl (C=O) groups is 2. The summed E-state index contributed by atoms with van der Waals surface area (Å²) in [5.74, 6) is 0.820. The van der Waals surface area contributed by atoms with Crippen LogP contribution >= 0.6 is 11.3 Å². The molecule has 28 heavy (non-hydrogen) atoms. The van der Waals surface area contributed by atoms with E-state index in [0.29, 0.717) is 18.2 Å². The number of nitrogens with one attached hydrogen (secondary N) is 2. The maximum Gasteiger partial charge on any atom is 0.319 e. The minimum absolute atomic E-state index is 0.186. The summed E-state index contributed by atoms with van der Waals surface area (Å²) < 4.78 is 0. The Bertz CT molecular complexity index is 736. The van der Waals surface area contributed by atoms with E-state index in [1.54, 1.807) is 18.5 Å². The number of hydrogen-bond acceptors (Lipinski definition) is 4. The molecule has 2 aromatic rings. The topological polar surface area (TPSA) is 74.3 Å². The summed E-state index contributed by atoms with van der Waals surface area (Å²) in [4.78, 5) is 30.9. The number of urea groups is 1. The van der Waals surface area contributed by atoms with Crippen LogP contribution in [0.5, 0.6) is 0 Å². The smallest absolute Gasteiger partial charge is 0.319 e. The number of rotatable bonds is 9. The van der Waals surface area contributed by atoms with Gasteiger partial charge in [0.15, 0.2) is 0 Å². The molecule has 6 nitrogen and oxygen atoms in total. The number of nitrogens with zero attached hydrogens (tertiary/aromatic N) is 2. The Morgan fingerprint density at radius 2 is 2.07 bits per heavy atom. The lowest BCUT2D eigenvalue weighted by atomic mass is 10.00. The second-order valence-electron chi connectivity index (χ2n) is 7.21. The van der Waals surface area contributed by atoms with Crippen LogP contribution in [0.25, 0.3) is 0 Å². The van der Waals surface area contributed by atoms with Crippen LogP contribution in [0.15, 0.2) is 42.0 Å². The normalized spacial score (nSPS) is 16.1. The molecule has 1 aliphatic heterocycles. The summed E-state index contributed by atoms with van der Waals surface area (Å²) in [5, 5.41) is 7.59. The zero-order chi connectivity index (χ0) is 19.6. The van der Waals surface area contributed by atoms with Gasteiger partial charge in [0.25, 0.3) is 5.91 Å². The molecular formula is C21H28N4O2S. The summed E-state index contributed by atoms with van der Waals surface area (Å²) in [7, 11) is 0. The number of hydrogen-bond donors (Lipinski definition) is 2. The molecule has 0 aromatic carbocycles. The average molecular weight is 401 g/mol. The zero-order valence-electron chi connectivity index (χ0n) is 16.1. The minimum Gasteiger partial charge on any atom is -0.338 e. The maximum atomic E-state index is 12.4. The van der Waals surface area contributed by atoms with Crippen molar-refractivity contribution < 1.29 is 9.59 Å². The van der Waals surface area contributed by atoms with Crippen LogP contribution in [-0.2, 0) is 0 Å². The average Bonchev–Trinajstić information content (AvgIpc) is 3.40. The third-order valence-electron chi connectivity index (χ3n) is 5.05. The van der Waals surface area contributed by atoms with E-state index in [2.05, 4.69) is 15.6 Å². The lowest BCUT2D eigenvalue weighted by Crippen LogP contribution is -2.29. The molecule has 0 saturated carbocycles. The van der Waals surface area contributed by atoms with E-state index in [9.17, 15) is 9.59 Å². The molecule has 0 spiro atoms. The molecule has 3 rings (SSSR count).